The van der Waals surface area contributed by atoms with E-state index < -0.39 is 0 Å². The monoisotopic (exact) mass is 516 g/mol. The second-order valence-electron chi connectivity index (χ2n) is 11.2. The lowest BCUT2D eigenvalue weighted by Gasteiger charge is -2.24. The summed E-state index contributed by atoms with van der Waals surface area (Å²) >= 11 is 0. The zero-order valence-corrected chi connectivity index (χ0v) is 23.7. The summed E-state index contributed by atoms with van der Waals surface area (Å²) in [5, 5.41) is 4.41. The summed E-state index contributed by atoms with van der Waals surface area (Å²) < 4.78 is 1.85. The van der Waals surface area contributed by atoms with Crippen molar-refractivity contribution >= 4 is 28.4 Å². The molecule has 4 aromatic heterocycles. The lowest BCUT2D eigenvalue weighted by molar-refractivity contribution is -0.130. The van der Waals surface area contributed by atoms with Gasteiger partial charge in [0.15, 0.2) is 5.65 Å². The molecule has 0 saturated carbocycles. The number of H-pyrrole nitrogens is 1. The van der Waals surface area contributed by atoms with Crippen molar-refractivity contribution in [1.29, 1.82) is 0 Å². The van der Waals surface area contributed by atoms with E-state index in [1.807, 2.05) is 23.5 Å². The first kappa shape index (κ1) is 26.2. The van der Waals surface area contributed by atoms with Gasteiger partial charge in [-0.15, -0.1) is 0 Å². The fourth-order valence-electron chi connectivity index (χ4n) is 5.67. The molecule has 5 rings (SSSR count). The molecule has 1 saturated heterocycles. The van der Waals surface area contributed by atoms with Crippen molar-refractivity contribution in [3.8, 4) is 11.3 Å². The Labute approximate surface area is 224 Å². The van der Waals surface area contributed by atoms with Crippen molar-refractivity contribution in [2.75, 3.05) is 38.8 Å². The molecule has 0 unspecified atom stereocenters. The Morgan fingerprint density at radius 1 is 1.21 bits per heavy atom. The van der Waals surface area contributed by atoms with Crippen LogP contribution in [-0.2, 0) is 4.79 Å². The van der Waals surface area contributed by atoms with E-state index in [-0.39, 0.29) is 17.9 Å². The molecule has 0 bridgehead atoms. The third-order valence-corrected chi connectivity index (χ3v) is 7.87. The molecule has 1 aliphatic heterocycles. The first-order valence-electron chi connectivity index (χ1n) is 13.7. The molecule has 1 aliphatic rings. The Balaban J connectivity index is 1.55. The number of aromatic amines is 1. The summed E-state index contributed by atoms with van der Waals surface area (Å²) in [6, 6.07) is 4.51. The van der Waals surface area contributed by atoms with Crippen molar-refractivity contribution in [2.45, 2.75) is 65.8 Å². The molecule has 1 amide bonds. The van der Waals surface area contributed by atoms with Crippen LogP contribution in [0.2, 0.25) is 0 Å². The fourth-order valence-corrected chi connectivity index (χ4v) is 5.67. The van der Waals surface area contributed by atoms with Crippen LogP contribution in [0.1, 0.15) is 62.6 Å². The SMILES string of the molecule is CCC[C@H]1CN(C(=O)CCN(C)C)CN1c1ccc2[nH]c(-c3cn4ncnc4c(C)c3C)c(C(C)C)c2n1. The molecule has 0 radical (unpaired) electrons. The first-order chi connectivity index (χ1) is 18.2. The van der Waals surface area contributed by atoms with Crippen LogP contribution in [0.4, 0.5) is 5.82 Å². The van der Waals surface area contributed by atoms with Crippen LogP contribution < -0.4 is 4.90 Å². The number of aryl methyl sites for hydroxylation is 1. The maximum absolute atomic E-state index is 13.0. The normalized spacial score (nSPS) is 16.2. The van der Waals surface area contributed by atoms with E-state index in [9.17, 15) is 4.79 Å². The third-order valence-electron chi connectivity index (χ3n) is 7.87. The van der Waals surface area contributed by atoms with Gasteiger partial charge in [0.2, 0.25) is 5.91 Å². The molecular weight excluding hydrogens is 476 g/mol. The first-order valence-corrected chi connectivity index (χ1v) is 13.7. The fraction of sp³-hybridized carbons (Fsp3) is 0.517. The highest BCUT2D eigenvalue weighted by molar-refractivity contribution is 5.90. The van der Waals surface area contributed by atoms with E-state index in [1.165, 1.54) is 11.1 Å². The minimum atomic E-state index is 0.213. The molecule has 0 aliphatic carbocycles. The summed E-state index contributed by atoms with van der Waals surface area (Å²) in [5.41, 5.74) is 8.62. The molecule has 202 valence electrons. The Morgan fingerprint density at radius 2 is 2.00 bits per heavy atom. The Morgan fingerprint density at radius 3 is 2.71 bits per heavy atom. The Hall–Kier alpha value is -3.46. The lowest BCUT2D eigenvalue weighted by atomic mass is 9.95. The molecule has 0 aromatic carbocycles. The highest BCUT2D eigenvalue weighted by Crippen LogP contribution is 2.38. The van der Waals surface area contributed by atoms with Gasteiger partial charge < -0.3 is 19.7 Å². The number of nitrogens with zero attached hydrogens (tertiary/aromatic N) is 7. The molecule has 9 nitrogen and oxygen atoms in total. The largest absolute Gasteiger partial charge is 0.353 e. The number of rotatable bonds is 8. The zero-order chi connectivity index (χ0) is 27.1. The summed E-state index contributed by atoms with van der Waals surface area (Å²) in [6.07, 6.45) is 6.31. The van der Waals surface area contributed by atoms with Crippen LogP contribution in [0, 0.1) is 13.8 Å². The smallest absolute Gasteiger partial charge is 0.225 e. The van der Waals surface area contributed by atoms with Gasteiger partial charge in [-0.05, 0) is 63.5 Å². The standard InChI is InChI=1S/C29H40N8O/c1-8-9-21-14-35(25(38)12-13-34(6)7)17-36(21)24-11-10-23-28(33-24)26(18(2)3)27(32-23)22-15-37-29(30-16-31-37)20(5)19(22)4/h10-11,15-16,18,21,32H,8-9,12-14,17H2,1-7H3/t21-/m0/s1. The summed E-state index contributed by atoms with van der Waals surface area (Å²) in [7, 11) is 4.01. The van der Waals surface area contributed by atoms with E-state index in [0.717, 1.165) is 65.3 Å². The van der Waals surface area contributed by atoms with Crippen molar-refractivity contribution in [3.05, 3.63) is 41.3 Å². The van der Waals surface area contributed by atoms with E-state index in [1.54, 1.807) is 6.33 Å². The van der Waals surface area contributed by atoms with Crippen LogP contribution in [0.15, 0.2) is 24.7 Å². The average molecular weight is 517 g/mol. The molecule has 1 fully saturated rings. The number of fused-ring (bicyclic) bond motifs is 2. The molecular formula is C29H40N8O. The second-order valence-corrected chi connectivity index (χ2v) is 11.2. The van der Waals surface area contributed by atoms with E-state index in [0.29, 0.717) is 13.1 Å². The molecule has 0 spiro atoms. The highest BCUT2D eigenvalue weighted by Gasteiger charge is 2.33. The van der Waals surface area contributed by atoms with Crippen LogP contribution >= 0.6 is 0 Å². The van der Waals surface area contributed by atoms with Crippen LogP contribution in [0.5, 0.6) is 0 Å². The molecule has 4 aromatic rings. The van der Waals surface area contributed by atoms with Gasteiger partial charge in [0.05, 0.1) is 23.4 Å². The zero-order valence-electron chi connectivity index (χ0n) is 23.7. The Bertz CT molecular complexity index is 1470. The number of anilines is 1. The van der Waals surface area contributed by atoms with Crippen LogP contribution in [0.25, 0.3) is 27.9 Å². The quantitative estimate of drug-likeness (QED) is 0.364. The van der Waals surface area contributed by atoms with Gasteiger partial charge in [0.1, 0.15) is 12.1 Å². The van der Waals surface area contributed by atoms with Gasteiger partial charge >= 0.3 is 0 Å². The van der Waals surface area contributed by atoms with E-state index >= 15 is 0 Å². The summed E-state index contributed by atoms with van der Waals surface area (Å²) in [5.74, 6) is 1.41. The minimum absolute atomic E-state index is 0.213. The van der Waals surface area contributed by atoms with Crippen LogP contribution in [-0.4, -0.2) is 80.2 Å². The van der Waals surface area contributed by atoms with Gasteiger partial charge in [0, 0.05) is 42.9 Å². The number of hydrogen-bond donors (Lipinski definition) is 1. The number of carbonyl (C=O) groups is 1. The summed E-state index contributed by atoms with van der Waals surface area (Å²) in [6.45, 7) is 13.0. The number of aromatic nitrogens is 5. The second kappa shape index (κ2) is 10.4. The highest BCUT2D eigenvalue weighted by atomic mass is 16.2. The van der Waals surface area contributed by atoms with Crippen molar-refractivity contribution in [1.82, 2.24) is 34.4 Å². The van der Waals surface area contributed by atoms with Gasteiger partial charge in [-0.1, -0.05) is 27.2 Å². The van der Waals surface area contributed by atoms with E-state index in [2.05, 4.69) is 77.8 Å². The maximum Gasteiger partial charge on any atom is 0.225 e. The van der Waals surface area contributed by atoms with E-state index in [4.69, 9.17) is 4.98 Å². The number of carbonyl (C=O) groups excluding carboxylic acids is 1. The van der Waals surface area contributed by atoms with Crippen LogP contribution in [0.3, 0.4) is 0 Å². The van der Waals surface area contributed by atoms with Crippen molar-refractivity contribution in [2.24, 2.45) is 0 Å². The molecule has 1 N–H and O–H groups in total. The van der Waals surface area contributed by atoms with Gasteiger partial charge in [-0.3, -0.25) is 4.79 Å². The maximum atomic E-state index is 13.0. The summed E-state index contributed by atoms with van der Waals surface area (Å²) in [4.78, 5) is 32.7. The third kappa shape index (κ3) is 4.64. The minimum Gasteiger partial charge on any atom is -0.353 e. The topological polar surface area (TPSA) is 85.7 Å². The Kier molecular flexibility index (Phi) is 7.13. The van der Waals surface area contributed by atoms with Crippen molar-refractivity contribution in [3.63, 3.8) is 0 Å². The average Bonchev–Trinajstić information content (AvgIpc) is 3.61. The van der Waals surface area contributed by atoms with Gasteiger partial charge in [-0.2, -0.15) is 5.10 Å². The van der Waals surface area contributed by atoms with Gasteiger partial charge in [-0.25, -0.2) is 14.5 Å². The van der Waals surface area contributed by atoms with Crippen molar-refractivity contribution < 1.29 is 4.79 Å². The predicted molar refractivity (Wildman–Crippen MR) is 153 cm³/mol. The number of hydrogen-bond acceptors (Lipinski definition) is 6. The molecule has 5 heterocycles. The molecule has 9 heteroatoms. The molecule has 1 atom stereocenters. The predicted octanol–water partition coefficient (Wildman–Crippen LogP) is 4.74. The van der Waals surface area contributed by atoms with Gasteiger partial charge in [0.25, 0.3) is 0 Å². The number of pyridine rings is 2. The number of nitrogens with one attached hydrogen (secondary N) is 1. The lowest BCUT2D eigenvalue weighted by Crippen LogP contribution is -2.33. The molecule has 38 heavy (non-hydrogen) atoms. The number of amides is 1.